The summed E-state index contributed by atoms with van der Waals surface area (Å²) in [4.78, 5) is 2.51. The molecule has 2 N–H and O–H groups in total. The SMILES string of the molecule is CC(C)COc1ccccc1CN1CCCC(CN)C1. The first-order chi connectivity index (χ1) is 9.69. The summed E-state index contributed by atoms with van der Waals surface area (Å²) in [5.41, 5.74) is 7.12. The van der Waals surface area contributed by atoms with Gasteiger partial charge in [-0.05, 0) is 43.8 Å². The highest BCUT2D eigenvalue weighted by molar-refractivity contribution is 5.33. The second-order valence-electron chi connectivity index (χ2n) is 6.29. The van der Waals surface area contributed by atoms with Gasteiger partial charge in [0, 0.05) is 18.7 Å². The van der Waals surface area contributed by atoms with E-state index in [-0.39, 0.29) is 0 Å². The van der Waals surface area contributed by atoms with Crippen molar-refractivity contribution in [2.45, 2.75) is 33.2 Å². The van der Waals surface area contributed by atoms with Crippen LogP contribution in [-0.2, 0) is 6.54 Å². The molecule has 1 saturated heterocycles. The lowest BCUT2D eigenvalue weighted by Gasteiger charge is -2.32. The summed E-state index contributed by atoms with van der Waals surface area (Å²) in [6.07, 6.45) is 2.54. The molecule has 0 aliphatic carbocycles. The number of hydrogen-bond acceptors (Lipinski definition) is 3. The molecule has 1 unspecified atom stereocenters. The van der Waals surface area contributed by atoms with Crippen molar-refractivity contribution in [2.24, 2.45) is 17.6 Å². The average Bonchev–Trinajstić information content (AvgIpc) is 2.46. The zero-order valence-corrected chi connectivity index (χ0v) is 12.8. The first-order valence-electron chi connectivity index (χ1n) is 7.82. The maximum Gasteiger partial charge on any atom is 0.123 e. The lowest BCUT2D eigenvalue weighted by atomic mass is 9.98. The monoisotopic (exact) mass is 276 g/mol. The fraction of sp³-hybridized carbons (Fsp3) is 0.647. The third-order valence-electron chi connectivity index (χ3n) is 3.88. The van der Waals surface area contributed by atoms with Crippen LogP contribution in [0.3, 0.4) is 0 Å². The molecule has 0 saturated carbocycles. The molecule has 2 rings (SSSR count). The quantitative estimate of drug-likeness (QED) is 0.868. The smallest absolute Gasteiger partial charge is 0.123 e. The Labute approximate surface area is 123 Å². The van der Waals surface area contributed by atoms with E-state index in [0.29, 0.717) is 11.8 Å². The van der Waals surface area contributed by atoms with Gasteiger partial charge in [0.05, 0.1) is 6.61 Å². The molecule has 3 nitrogen and oxygen atoms in total. The highest BCUT2D eigenvalue weighted by atomic mass is 16.5. The molecular formula is C17H28N2O. The molecule has 0 bridgehead atoms. The molecule has 3 heteroatoms. The Morgan fingerprint density at radius 3 is 2.90 bits per heavy atom. The van der Waals surface area contributed by atoms with Gasteiger partial charge in [0.15, 0.2) is 0 Å². The first kappa shape index (κ1) is 15.3. The van der Waals surface area contributed by atoms with Crippen LogP contribution >= 0.6 is 0 Å². The molecule has 0 amide bonds. The zero-order chi connectivity index (χ0) is 14.4. The van der Waals surface area contributed by atoms with Gasteiger partial charge >= 0.3 is 0 Å². The minimum Gasteiger partial charge on any atom is -0.493 e. The van der Waals surface area contributed by atoms with Gasteiger partial charge in [0.2, 0.25) is 0 Å². The van der Waals surface area contributed by atoms with Gasteiger partial charge in [-0.1, -0.05) is 32.0 Å². The molecule has 1 aliphatic rings. The van der Waals surface area contributed by atoms with E-state index in [0.717, 1.165) is 32.0 Å². The summed E-state index contributed by atoms with van der Waals surface area (Å²) in [5.74, 6) is 2.25. The minimum absolute atomic E-state index is 0.555. The van der Waals surface area contributed by atoms with Crippen LogP contribution in [0.1, 0.15) is 32.3 Å². The second kappa shape index (κ2) is 7.65. The fourth-order valence-electron chi connectivity index (χ4n) is 2.76. The lowest BCUT2D eigenvalue weighted by molar-refractivity contribution is 0.168. The van der Waals surface area contributed by atoms with Crippen LogP contribution in [0, 0.1) is 11.8 Å². The van der Waals surface area contributed by atoms with E-state index in [2.05, 4.69) is 43.0 Å². The van der Waals surface area contributed by atoms with Crippen molar-refractivity contribution in [1.29, 1.82) is 0 Å². The van der Waals surface area contributed by atoms with Crippen molar-refractivity contribution in [3.05, 3.63) is 29.8 Å². The molecule has 112 valence electrons. The van der Waals surface area contributed by atoms with Crippen molar-refractivity contribution in [2.75, 3.05) is 26.2 Å². The number of piperidine rings is 1. The maximum atomic E-state index is 5.94. The molecular weight excluding hydrogens is 248 g/mol. The standard InChI is InChI=1S/C17H28N2O/c1-14(2)13-20-17-8-4-3-7-16(17)12-19-9-5-6-15(10-18)11-19/h3-4,7-8,14-15H,5-6,9-13,18H2,1-2H3. The highest BCUT2D eigenvalue weighted by Crippen LogP contribution is 2.23. The van der Waals surface area contributed by atoms with Crippen LogP contribution < -0.4 is 10.5 Å². The van der Waals surface area contributed by atoms with Crippen LogP contribution in [0.25, 0.3) is 0 Å². The largest absolute Gasteiger partial charge is 0.493 e. The van der Waals surface area contributed by atoms with E-state index in [4.69, 9.17) is 10.5 Å². The fourth-order valence-corrected chi connectivity index (χ4v) is 2.76. The normalized spacial score (nSPS) is 20.3. The molecule has 1 atom stereocenters. The second-order valence-corrected chi connectivity index (χ2v) is 6.29. The van der Waals surface area contributed by atoms with E-state index in [9.17, 15) is 0 Å². The van der Waals surface area contributed by atoms with Crippen LogP contribution in [0.2, 0.25) is 0 Å². The Hall–Kier alpha value is -1.06. The van der Waals surface area contributed by atoms with Crippen molar-refractivity contribution < 1.29 is 4.74 Å². The summed E-state index contributed by atoms with van der Waals surface area (Å²) in [6.45, 7) is 9.22. The van der Waals surface area contributed by atoms with Crippen molar-refractivity contribution in [3.8, 4) is 5.75 Å². The highest BCUT2D eigenvalue weighted by Gasteiger charge is 2.19. The molecule has 1 aliphatic heterocycles. The predicted octanol–water partition coefficient (Wildman–Crippen LogP) is 2.89. The van der Waals surface area contributed by atoms with E-state index in [1.54, 1.807) is 0 Å². The maximum absolute atomic E-state index is 5.94. The minimum atomic E-state index is 0.555. The van der Waals surface area contributed by atoms with E-state index in [1.807, 2.05) is 0 Å². The van der Waals surface area contributed by atoms with Crippen LogP contribution in [0.4, 0.5) is 0 Å². The number of nitrogens with two attached hydrogens (primary N) is 1. The van der Waals surface area contributed by atoms with Crippen molar-refractivity contribution in [1.82, 2.24) is 4.90 Å². The van der Waals surface area contributed by atoms with E-state index in [1.165, 1.54) is 24.9 Å². The first-order valence-corrected chi connectivity index (χ1v) is 7.82. The average molecular weight is 276 g/mol. The third kappa shape index (κ3) is 4.50. The molecule has 1 fully saturated rings. The van der Waals surface area contributed by atoms with Crippen LogP contribution in [0.5, 0.6) is 5.75 Å². The zero-order valence-electron chi connectivity index (χ0n) is 12.8. The van der Waals surface area contributed by atoms with Gasteiger partial charge in [-0.2, -0.15) is 0 Å². The number of rotatable bonds is 6. The summed E-state index contributed by atoms with van der Waals surface area (Å²) in [5, 5.41) is 0. The molecule has 20 heavy (non-hydrogen) atoms. The number of nitrogens with zero attached hydrogens (tertiary/aromatic N) is 1. The summed E-state index contributed by atoms with van der Waals surface area (Å²) in [7, 11) is 0. The Morgan fingerprint density at radius 2 is 2.15 bits per heavy atom. The van der Waals surface area contributed by atoms with Gasteiger partial charge in [0.25, 0.3) is 0 Å². The molecule has 1 aromatic rings. The van der Waals surface area contributed by atoms with Crippen LogP contribution in [0.15, 0.2) is 24.3 Å². The molecule has 1 heterocycles. The van der Waals surface area contributed by atoms with Gasteiger partial charge in [0.1, 0.15) is 5.75 Å². The lowest BCUT2D eigenvalue weighted by Crippen LogP contribution is -2.37. The Morgan fingerprint density at radius 1 is 1.35 bits per heavy atom. The third-order valence-corrected chi connectivity index (χ3v) is 3.88. The van der Waals surface area contributed by atoms with E-state index < -0.39 is 0 Å². The number of hydrogen-bond donors (Lipinski definition) is 1. The number of benzene rings is 1. The Bertz CT molecular complexity index is 406. The van der Waals surface area contributed by atoms with Gasteiger partial charge < -0.3 is 10.5 Å². The van der Waals surface area contributed by atoms with Crippen molar-refractivity contribution in [3.63, 3.8) is 0 Å². The van der Waals surface area contributed by atoms with Crippen molar-refractivity contribution >= 4 is 0 Å². The van der Waals surface area contributed by atoms with Gasteiger partial charge in [-0.3, -0.25) is 4.90 Å². The number of ether oxygens (including phenoxy) is 1. The molecule has 1 aromatic carbocycles. The van der Waals surface area contributed by atoms with Gasteiger partial charge in [-0.15, -0.1) is 0 Å². The van der Waals surface area contributed by atoms with Gasteiger partial charge in [-0.25, -0.2) is 0 Å². The topological polar surface area (TPSA) is 38.5 Å². The number of likely N-dealkylation sites (tertiary alicyclic amines) is 1. The Kier molecular flexibility index (Phi) is 5.86. The summed E-state index contributed by atoms with van der Waals surface area (Å²) >= 11 is 0. The number of para-hydroxylation sites is 1. The summed E-state index contributed by atoms with van der Waals surface area (Å²) < 4.78 is 5.94. The predicted molar refractivity (Wildman–Crippen MR) is 83.8 cm³/mol. The molecule has 0 radical (unpaired) electrons. The molecule has 0 aromatic heterocycles. The van der Waals surface area contributed by atoms with Crippen LogP contribution in [-0.4, -0.2) is 31.1 Å². The molecule has 0 spiro atoms. The Balaban J connectivity index is 1.97. The summed E-state index contributed by atoms with van der Waals surface area (Å²) in [6, 6.07) is 8.42. The van der Waals surface area contributed by atoms with E-state index >= 15 is 0 Å².